The lowest BCUT2D eigenvalue weighted by molar-refractivity contribution is -0.139. The van der Waals surface area contributed by atoms with Gasteiger partial charge in [-0.2, -0.15) is 11.8 Å². The maximum Gasteiger partial charge on any atom is 0.320 e. The lowest BCUT2D eigenvalue weighted by Crippen LogP contribution is -2.36. The first-order valence-corrected chi connectivity index (χ1v) is 9.50. The number of aliphatic carboxylic acids is 1. The van der Waals surface area contributed by atoms with Gasteiger partial charge in [-0.15, -0.1) is 0 Å². The van der Waals surface area contributed by atoms with Crippen molar-refractivity contribution >= 4 is 33.7 Å². The normalized spacial score (nSPS) is 12.3. The molecule has 1 unspecified atom stereocenters. The van der Waals surface area contributed by atoms with Gasteiger partial charge in [-0.25, -0.2) is 0 Å². The predicted molar refractivity (Wildman–Crippen MR) is 97.8 cm³/mol. The zero-order chi connectivity index (χ0) is 16.8. The fourth-order valence-electron chi connectivity index (χ4n) is 2.29. The smallest absolute Gasteiger partial charge is 0.320 e. The molecule has 1 heterocycles. The van der Waals surface area contributed by atoms with Crippen molar-refractivity contribution in [2.75, 3.05) is 12.0 Å². The summed E-state index contributed by atoms with van der Waals surface area (Å²) in [4.78, 5) is 11.2. The van der Waals surface area contributed by atoms with Crippen LogP contribution in [0.2, 0.25) is 0 Å². The van der Waals surface area contributed by atoms with E-state index in [0.717, 1.165) is 32.9 Å². The summed E-state index contributed by atoms with van der Waals surface area (Å²) >= 11 is 5.09. The van der Waals surface area contributed by atoms with E-state index >= 15 is 0 Å². The largest absolute Gasteiger partial charge is 0.480 e. The van der Waals surface area contributed by atoms with Gasteiger partial charge >= 0.3 is 5.97 Å². The summed E-state index contributed by atoms with van der Waals surface area (Å²) in [6, 6.07) is 9.28. The molecule has 0 fully saturated rings. The van der Waals surface area contributed by atoms with Crippen LogP contribution >= 0.6 is 27.7 Å². The van der Waals surface area contributed by atoms with Gasteiger partial charge in [0.1, 0.15) is 17.6 Å². The molecule has 0 aliphatic rings. The number of carbonyl (C=O) groups is 1. The Bertz CT molecular complexity index is 672. The zero-order valence-electron chi connectivity index (χ0n) is 13.1. The molecule has 0 radical (unpaired) electrons. The second-order valence-electron chi connectivity index (χ2n) is 5.28. The molecule has 1 aromatic heterocycles. The zero-order valence-corrected chi connectivity index (χ0v) is 15.5. The molecular formula is C17H20BrNO3S. The lowest BCUT2D eigenvalue weighted by atomic mass is 10.1. The average molecular weight is 398 g/mol. The molecule has 0 saturated heterocycles. The maximum atomic E-state index is 11.2. The van der Waals surface area contributed by atoms with Crippen LogP contribution in [0.15, 0.2) is 39.2 Å². The summed E-state index contributed by atoms with van der Waals surface area (Å²) in [6.07, 6.45) is 2.56. The van der Waals surface area contributed by atoms with Gasteiger partial charge in [-0.1, -0.05) is 15.9 Å². The molecule has 2 N–H and O–H groups in total. The Morgan fingerprint density at radius 3 is 2.83 bits per heavy atom. The predicted octanol–water partition coefficient (Wildman–Crippen LogP) is 4.31. The van der Waals surface area contributed by atoms with Crippen molar-refractivity contribution in [3.05, 3.63) is 46.1 Å². The summed E-state index contributed by atoms with van der Waals surface area (Å²) in [5.74, 6) is 1.51. The van der Waals surface area contributed by atoms with Gasteiger partial charge < -0.3 is 9.52 Å². The fraction of sp³-hybridized carbons (Fsp3) is 0.353. The van der Waals surface area contributed by atoms with E-state index < -0.39 is 12.0 Å². The molecule has 1 atom stereocenters. The third-order valence-electron chi connectivity index (χ3n) is 3.55. The molecule has 1 aromatic carbocycles. The number of hydrogen-bond donors (Lipinski definition) is 2. The minimum atomic E-state index is -0.824. The summed E-state index contributed by atoms with van der Waals surface area (Å²) in [7, 11) is 0. The van der Waals surface area contributed by atoms with Gasteiger partial charge in [-0.05, 0) is 61.2 Å². The summed E-state index contributed by atoms with van der Waals surface area (Å²) in [5.41, 5.74) is 2.16. The van der Waals surface area contributed by atoms with Crippen LogP contribution in [0.5, 0.6) is 0 Å². The van der Waals surface area contributed by atoms with Crippen LogP contribution in [0, 0.1) is 6.92 Å². The number of hydrogen-bond acceptors (Lipinski definition) is 4. The molecule has 2 aromatic rings. The van der Waals surface area contributed by atoms with Crippen molar-refractivity contribution in [1.29, 1.82) is 0 Å². The van der Waals surface area contributed by atoms with Crippen LogP contribution in [0.1, 0.15) is 17.7 Å². The van der Waals surface area contributed by atoms with Crippen molar-refractivity contribution in [3.63, 3.8) is 0 Å². The fourth-order valence-corrected chi connectivity index (χ4v) is 3.24. The molecule has 0 amide bonds. The Kier molecular flexibility index (Phi) is 6.74. The Morgan fingerprint density at radius 1 is 1.39 bits per heavy atom. The summed E-state index contributed by atoms with van der Waals surface area (Å²) < 4.78 is 6.88. The first-order chi connectivity index (χ1) is 11.0. The molecule has 23 heavy (non-hydrogen) atoms. The third kappa shape index (κ3) is 5.12. The number of thioether (sulfide) groups is 1. The number of halogens is 1. The highest BCUT2D eigenvalue weighted by Crippen LogP contribution is 2.27. The number of carboxylic acid groups (broad SMARTS) is 1. The second kappa shape index (κ2) is 8.57. The minimum Gasteiger partial charge on any atom is -0.480 e. The third-order valence-corrected chi connectivity index (χ3v) is 4.68. The molecule has 0 aliphatic carbocycles. The van der Waals surface area contributed by atoms with Crippen LogP contribution in [-0.2, 0) is 11.3 Å². The molecular weight excluding hydrogens is 378 g/mol. The van der Waals surface area contributed by atoms with Gasteiger partial charge in [0.15, 0.2) is 0 Å². The van der Waals surface area contributed by atoms with Gasteiger partial charge in [-0.3, -0.25) is 10.1 Å². The number of aryl methyl sites for hydroxylation is 1. The van der Waals surface area contributed by atoms with Crippen LogP contribution in [0.25, 0.3) is 11.3 Å². The van der Waals surface area contributed by atoms with Gasteiger partial charge in [0.2, 0.25) is 0 Å². The monoisotopic (exact) mass is 397 g/mol. The molecule has 4 nitrogen and oxygen atoms in total. The van der Waals surface area contributed by atoms with Crippen molar-refractivity contribution in [2.45, 2.75) is 25.9 Å². The summed E-state index contributed by atoms with van der Waals surface area (Å²) in [6.45, 7) is 2.43. The Labute approximate surface area is 148 Å². The highest BCUT2D eigenvalue weighted by molar-refractivity contribution is 9.10. The lowest BCUT2D eigenvalue weighted by Gasteiger charge is -2.12. The number of nitrogens with one attached hydrogen (secondary N) is 1. The van der Waals surface area contributed by atoms with E-state index in [0.29, 0.717) is 13.0 Å². The quantitative estimate of drug-likeness (QED) is 0.694. The van der Waals surface area contributed by atoms with E-state index in [-0.39, 0.29) is 0 Å². The van der Waals surface area contributed by atoms with Crippen LogP contribution < -0.4 is 5.32 Å². The van der Waals surface area contributed by atoms with E-state index in [2.05, 4.69) is 21.2 Å². The number of rotatable bonds is 8. The van der Waals surface area contributed by atoms with Crippen molar-refractivity contribution in [2.24, 2.45) is 0 Å². The van der Waals surface area contributed by atoms with E-state index in [1.54, 1.807) is 11.8 Å². The molecule has 2 rings (SSSR count). The van der Waals surface area contributed by atoms with Crippen molar-refractivity contribution < 1.29 is 14.3 Å². The molecule has 0 bridgehead atoms. The Morgan fingerprint density at radius 2 is 2.17 bits per heavy atom. The van der Waals surface area contributed by atoms with E-state index in [1.807, 2.05) is 43.5 Å². The van der Waals surface area contributed by atoms with Crippen LogP contribution in [0.4, 0.5) is 0 Å². The first kappa shape index (κ1) is 18.1. The van der Waals surface area contributed by atoms with E-state index in [9.17, 15) is 9.90 Å². The first-order valence-electron chi connectivity index (χ1n) is 7.31. The highest BCUT2D eigenvalue weighted by atomic mass is 79.9. The SMILES string of the molecule is CSCCC(NCc1ccc(-c2ccc(Br)cc2C)o1)C(=O)O. The van der Waals surface area contributed by atoms with E-state index in [4.69, 9.17) is 4.42 Å². The number of benzene rings is 1. The molecule has 0 spiro atoms. The van der Waals surface area contributed by atoms with Crippen LogP contribution in [0.3, 0.4) is 0 Å². The Hall–Kier alpha value is -1.24. The van der Waals surface area contributed by atoms with Gasteiger partial charge in [0.25, 0.3) is 0 Å². The molecule has 0 saturated carbocycles. The van der Waals surface area contributed by atoms with Crippen molar-refractivity contribution in [3.8, 4) is 11.3 Å². The number of carboxylic acids is 1. The van der Waals surface area contributed by atoms with Crippen molar-refractivity contribution in [1.82, 2.24) is 5.32 Å². The average Bonchev–Trinajstić information content (AvgIpc) is 2.95. The molecule has 124 valence electrons. The maximum absolute atomic E-state index is 11.2. The highest BCUT2D eigenvalue weighted by Gasteiger charge is 2.17. The van der Waals surface area contributed by atoms with Gasteiger partial charge in [0.05, 0.1) is 6.54 Å². The van der Waals surface area contributed by atoms with Crippen LogP contribution in [-0.4, -0.2) is 29.1 Å². The topological polar surface area (TPSA) is 62.5 Å². The second-order valence-corrected chi connectivity index (χ2v) is 7.18. The molecule has 6 heteroatoms. The Balaban J connectivity index is 2.03. The summed E-state index contributed by atoms with van der Waals surface area (Å²) in [5, 5.41) is 12.3. The van der Waals surface area contributed by atoms with E-state index in [1.165, 1.54) is 0 Å². The minimum absolute atomic E-state index is 0.404. The standard InChI is InChI=1S/C17H20BrNO3S/c1-11-9-12(18)3-5-14(11)16-6-4-13(22-16)10-19-15(17(20)21)7-8-23-2/h3-6,9,15,19H,7-8,10H2,1-2H3,(H,20,21). The van der Waals surface area contributed by atoms with Gasteiger partial charge in [0, 0.05) is 10.0 Å². The number of furan rings is 1. The molecule has 0 aliphatic heterocycles.